The fraction of sp³-hybridized carbons (Fsp3) is 0.889. The van der Waals surface area contributed by atoms with E-state index in [1.807, 2.05) is 16.1 Å². The number of carbonyl (C=O) groups is 1. The van der Waals surface area contributed by atoms with Crippen LogP contribution in [-0.4, -0.2) is 53.8 Å². The number of morpholine rings is 1. The van der Waals surface area contributed by atoms with Crippen LogP contribution in [0, 0.1) is 0 Å². The van der Waals surface area contributed by atoms with Crippen molar-refractivity contribution in [2.45, 2.75) is 13.8 Å². The Kier molecular flexibility index (Phi) is 8.00. The zero-order valence-corrected chi connectivity index (χ0v) is 10.9. The highest BCUT2D eigenvalue weighted by Gasteiger charge is 2.21. The SMILES string of the molecule is CCSN(CC)C(=O)N1CCOCC1.Cl. The van der Waals surface area contributed by atoms with Crippen LogP contribution in [0.1, 0.15) is 13.8 Å². The minimum atomic E-state index is 0. The number of ether oxygens (including phenoxy) is 1. The summed E-state index contributed by atoms with van der Waals surface area (Å²) in [6.45, 7) is 7.59. The van der Waals surface area contributed by atoms with Crippen LogP contribution >= 0.6 is 24.4 Å². The molecule has 15 heavy (non-hydrogen) atoms. The van der Waals surface area contributed by atoms with Gasteiger partial charge in [-0.1, -0.05) is 6.92 Å². The van der Waals surface area contributed by atoms with Gasteiger partial charge in [-0.05, 0) is 18.9 Å². The van der Waals surface area contributed by atoms with Crippen molar-refractivity contribution in [1.29, 1.82) is 0 Å². The smallest absolute Gasteiger partial charge is 0.330 e. The van der Waals surface area contributed by atoms with Gasteiger partial charge in [0.25, 0.3) is 0 Å². The first-order valence-electron chi connectivity index (χ1n) is 5.06. The van der Waals surface area contributed by atoms with E-state index in [1.54, 1.807) is 11.9 Å². The Bertz CT molecular complexity index is 182. The molecule has 0 unspecified atom stereocenters. The first-order chi connectivity index (χ1) is 6.79. The third-order valence-corrected chi connectivity index (χ3v) is 3.05. The lowest BCUT2D eigenvalue weighted by Crippen LogP contribution is -2.46. The quantitative estimate of drug-likeness (QED) is 0.721. The molecule has 90 valence electrons. The standard InChI is InChI=1S/C9H18N2O2S.ClH/c1-3-11(14-4-2)9(12)10-5-7-13-8-6-10;/h3-8H2,1-2H3;1H. The summed E-state index contributed by atoms with van der Waals surface area (Å²) in [5.74, 6) is 0.934. The molecule has 6 heteroatoms. The second-order valence-corrected chi connectivity index (χ2v) is 4.27. The molecule has 0 radical (unpaired) electrons. The molecule has 1 fully saturated rings. The van der Waals surface area contributed by atoms with Crippen LogP contribution in [0.3, 0.4) is 0 Å². The fourth-order valence-corrected chi connectivity index (χ4v) is 2.07. The van der Waals surface area contributed by atoms with E-state index in [0.29, 0.717) is 13.2 Å². The predicted octanol–water partition coefficient (Wildman–Crippen LogP) is 1.85. The van der Waals surface area contributed by atoms with Crippen LogP contribution in [0.2, 0.25) is 0 Å². The summed E-state index contributed by atoms with van der Waals surface area (Å²) >= 11 is 1.58. The Morgan fingerprint density at radius 1 is 1.40 bits per heavy atom. The molecule has 0 aromatic carbocycles. The highest BCUT2D eigenvalue weighted by Crippen LogP contribution is 2.13. The summed E-state index contributed by atoms with van der Waals surface area (Å²) in [6, 6.07) is 0.127. The lowest BCUT2D eigenvalue weighted by molar-refractivity contribution is 0.0494. The third kappa shape index (κ3) is 4.49. The average Bonchev–Trinajstić information content (AvgIpc) is 2.26. The van der Waals surface area contributed by atoms with Gasteiger partial charge in [0.1, 0.15) is 0 Å². The molecule has 0 saturated carbocycles. The molecule has 1 saturated heterocycles. The number of halogens is 1. The van der Waals surface area contributed by atoms with Crippen molar-refractivity contribution in [2.75, 3.05) is 38.6 Å². The number of carbonyl (C=O) groups excluding carboxylic acids is 1. The van der Waals surface area contributed by atoms with E-state index in [0.717, 1.165) is 25.4 Å². The van der Waals surface area contributed by atoms with Gasteiger partial charge in [-0.2, -0.15) is 0 Å². The maximum atomic E-state index is 11.9. The second kappa shape index (κ2) is 8.07. The first-order valence-corrected chi connectivity index (χ1v) is 6.01. The van der Waals surface area contributed by atoms with Crippen molar-refractivity contribution in [3.8, 4) is 0 Å². The van der Waals surface area contributed by atoms with Gasteiger partial charge >= 0.3 is 6.03 Å². The molecule has 2 amide bonds. The second-order valence-electron chi connectivity index (χ2n) is 2.99. The molecule has 0 bridgehead atoms. The normalized spacial score (nSPS) is 15.7. The van der Waals surface area contributed by atoms with Gasteiger partial charge < -0.3 is 9.64 Å². The molecule has 1 aliphatic heterocycles. The lowest BCUT2D eigenvalue weighted by Gasteiger charge is -2.31. The molecule has 0 aromatic heterocycles. The minimum absolute atomic E-state index is 0. The molecule has 1 rings (SSSR count). The maximum Gasteiger partial charge on any atom is 0.330 e. The van der Waals surface area contributed by atoms with E-state index in [1.165, 1.54) is 0 Å². The van der Waals surface area contributed by atoms with Crippen molar-refractivity contribution < 1.29 is 9.53 Å². The monoisotopic (exact) mass is 254 g/mol. The van der Waals surface area contributed by atoms with E-state index >= 15 is 0 Å². The number of nitrogens with zero attached hydrogens (tertiary/aromatic N) is 2. The lowest BCUT2D eigenvalue weighted by atomic mass is 10.4. The summed E-state index contributed by atoms with van der Waals surface area (Å²) in [5, 5.41) is 0. The molecule has 4 nitrogen and oxygen atoms in total. The third-order valence-electron chi connectivity index (χ3n) is 2.07. The van der Waals surface area contributed by atoms with Crippen LogP contribution in [-0.2, 0) is 4.74 Å². The van der Waals surface area contributed by atoms with Crippen molar-refractivity contribution in [3.05, 3.63) is 0 Å². The summed E-state index contributed by atoms with van der Waals surface area (Å²) in [7, 11) is 0. The summed E-state index contributed by atoms with van der Waals surface area (Å²) in [5.41, 5.74) is 0. The molecular weight excluding hydrogens is 236 g/mol. The van der Waals surface area contributed by atoms with Crippen molar-refractivity contribution in [2.24, 2.45) is 0 Å². The number of amides is 2. The summed E-state index contributed by atoms with van der Waals surface area (Å²) in [4.78, 5) is 13.8. The highest BCUT2D eigenvalue weighted by atomic mass is 35.5. The fourth-order valence-electron chi connectivity index (χ4n) is 1.35. The molecule has 0 aliphatic carbocycles. The van der Waals surface area contributed by atoms with Gasteiger partial charge in [0.2, 0.25) is 0 Å². The van der Waals surface area contributed by atoms with E-state index in [-0.39, 0.29) is 18.4 Å². The highest BCUT2D eigenvalue weighted by molar-refractivity contribution is 7.97. The van der Waals surface area contributed by atoms with Gasteiger partial charge in [-0.25, -0.2) is 4.79 Å². The summed E-state index contributed by atoms with van der Waals surface area (Å²) < 4.78 is 7.01. The number of hydrogen-bond donors (Lipinski definition) is 0. The molecule has 0 atom stereocenters. The van der Waals surface area contributed by atoms with Crippen molar-refractivity contribution in [1.82, 2.24) is 9.21 Å². The average molecular weight is 255 g/mol. The van der Waals surface area contributed by atoms with Gasteiger partial charge in [-0.3, -0.25) is 4.31 Å². The Morgan fingerprint density at radius 3 is 2.47 bits per heavy atom. The Balaban J connectivity index is 0.00000196. The van der Waals surface area contributed by atoms with Gasteiger partial charge in [0.15, 0.2) is 0 Å². The van der Waals surface area contributed by atoms with Gasteiger partial charge in [0.05, 0.1) is 13.2 Å². The molecule has 0 spiro atoms. The Hall–Kier alpha value is -0.130. The molecule has 0 N–H and O–H groups in total. The van der Waals surface area contributed by atoms with Crippen LogP contribution in [0.25, 0.3) is 0 Å². The van der Waals surface area contributed by atoms with Crippen LogP contribution in [0.4, 0.5) is 4.79 Å². The van der Waals surface area contributed by atoms with Gasteiger partial charge in [0, 0.05) is 25.4 Å². The van der Waals surface area contributed by atoms with Crippen LogP contribution < -0.4 is 0 Å². The van der Waals surface area contributed by atoms with E-state index in [4.69, 9.17) is 4.74 Å². The first kappa shape index (κ1) is 14.9. The number of urea groups is 1. The van der Waals surface area contributed by atoms with E-state index in [2.05, 4.69) is 6.92 Å². The van der Waals surface area contributed by atoms with Crippen LogP contribution in [0.5, 0.6) is 0 Å². The van der Waals surface area contributed by atoms with Crippen molar-refractivity contribution in [3.63, 3.8) is 0 Å². The maximum absolute atomic E-state index is 11.9. The van der Waals surface area contributed by atoms with E-state index in [9.17, 15) is 4.79 Å². The number of hydrogen-bond acceptors (Lipinski definition) is 3. The Labute approximate surface area is 102 Å². The molecular formula is C9H19ClN2O2S. The van der Waals surface area contributed by atoms with E-state index < -0.39 is 0 Å². The molecule has 1 heterocycles. The molecule has 1 aliphatic rings. The minimum Gasteiger partial charge on any atom is -0.378 e. The number of rotatable bonds is 3. The predicted molar refractivity (Wildman–Crippen MR) is 65.5 cm³/mol. The summed E-state index contributed by atoms with van der Waals surface area (Å²) in [6.07, 6.45) is 0. The van der Waals surface area contributed by atoms with Gasteiger partial charge in [-0.15, -0.1) is 12.4 Å². The zero-order valence-electron chi connectivity index (χ0n) is 9.27. The van der Waals surface area contributed by atoms with Crippen LogP contribution in [0.15, 0.2) is 0 Å². The topological polar surface area (TPSA) is 32.8 Å². The van der Waals surface area contributed by atoms with Crippen molar-refractivity contribution >= 4 is 30.4 Å². The zero-order chi connectivity index (χ0) is 10.4. The largest absolute Gasteiger partial charge is 0.378 e. The molecule has 0 aromatic rings. The Morgan fingerprint density at radius 2 is 2.00 bits per heavy atom.